The average molecular weight is 301 g/mol. The lowest BCUT2D eigenvalue weighted by molar-refractivity contribution is -0.140. The number of carboxylic acids is 1. The molecule has 0 spiro atoms. The maximum Gasteiger partial charge on any atom is 0.317 e. The van der Waals surface area contributed by atoms with E-state index in [4.69, 9.17) is 16.6 Å². The summed E-state index contributed by atoms with van der Waals surface area (Å²) in [5.41, 5.74) is 11.6. The third-order valence-electron chi connectivity index (χ3n) is 3.79. The molecule has 0 atom stereocenters. The maximum atomic E-state index is 10.8. The molecule has 0 saturated heterocycles. The van der Waals surface area contributed by atoms with E-state index in [1.54, 1.807) is 11.8 Å². The minimum Gasteiger partial charge on any atom is -0.480 e. The van der Waals surface area contributed by atoms with Gasteiger partial charge in [0.15, 0.2) is 0 Å². The summed E-state index contributed by atoms with van der Waals surface area (Å²) in [6, 6.07) is 0. The number of carbonyl (C=O) groups is 1. The minimum absolute atomic E-state index is 0.0963. The second-order valence-electron chi connectivity index (χ2n) is 6.22. The lowest BCUT2D eigenvalue weighted by Gasteiger charge is -2.33. The molecule has 0 rings (SSSR count). The van der Waals surface area contributed by atoms with Crippen molar-refractivity contribution in [1.29, 1.82) is 0 Å². The van der Waals surface area contributed by atoms with Crippen LogP contribution in [0.3, 0.4) is 0 Å². The van der Waals surface area contributed by atoms with Gasteiger partial charge in [0.25, 0.3) is 0 Å². The predicted molar refractivity (Wildman–Crippen MR) is 87.8 cm³/mol. The average Bonchev–Trinajstić information content (AvgIpc) is 2.38. The van der Waals surface area contributed by atoms with Gasteiger partial charge in [-0.05, 0) is 13.3 Å². The van der Waals surface area contributed by atoms with Gasteiger partial charge in [0.2, 0.25) is 0 Å². The van der Waals surface area contributed by atoms with Crippen molar-refractivity contribution in [2.24, 2.45) is 11.5 Å². The highest BCUT2D eigenvalue weighted by molar-refractivity contribution is 5.69. The molecule has 0 aromatic rings. The van der Waals surface area contributed by atoms with Crippen LogP contribution >= 0.6 is 0 Å². The number of nitrogens with zero attached hydrogens (tertiary/aromatic N) is 1. The highest BCUT2D eigenvalue weighted by atomic mass is 16.4. The van der Waals surface area contributed by atoms with Crippen LogP contribution in [-0.4, -0.2) is 34.9 Å². The summed E-state index contributed by atoms with van der Waals surface area (Å²) in [6.07, 6.45) is 12.6. The zero-order valence-electron chi connectivity index (χ0n) is 13.9. The topological polar surface area (TPSA) is 92.6 Å². The zero-order valence-corrected chi connectivity index (χ0v) is 13.9. The van der Waals surface area contributed by atoms with Crippen LogP contribution < -0.4 is 11.5 Å². The van der Waals surface area contributed by atoms with E-state index in [0.717, 1.165) is 12.8 Å². The molecule has 0 aliphatic heterocycles. The van der Waals surface area contributed by atoms with E-state index in [1.165, 1.54) is 51.4 Å². The Morgan fingerprint density at radius 1 is 0.952 bits per heavy atom. The lowest BCUT2D eigenvalue weighted by atomic mass is 10.1. The van der Waals surface area contributed by atoms with Gasteiger partial charge in [-0.3, -0.25) is 9.69 Å². The Morgan fingerprint density at radius 2 is 1.38 bits per heavy atom. The van der Waals surface area contributed by atoms with E-state index >= 15 is 0 Å². The van der Waals surface area contributed by atoms with Crippen molar-refractivity contribution in [3.63, 3.8) is 0 Å². The SMILES string of the molecule is CCCCCCCCCCCCN(CC(=O)O)C(C)(N)N. The summed E-state index contributed by atoms with van der Waals surface area (Å²) in [7, 11) is 0. The fourth-order valence-corrected chi connectivity index (χ4v) is 2.44. The fourth-order valence-electron chi connectivity index (χ4n) is 2.44. The van der Waals surface area contributed by atoms with Crippen LogP contribution in [0.5, 0.6) is 0 Å². The largest absolute Gasteiger partial charge is 0.480 e. The third-order valence-corrected chi connectivity index (χ3v) is 3.79. The molecule has 0 aliphatic rings. The van der Waals surface area contributed by atoms with Gasteiger partial charge in [-0.25, -0.2) is 0 Å². The number of unbranched alkanes of at least 4 members (excludes halogenated alkanes) is 9. The Morgan fingerprint density at radius 3 is 1.76 bits per heavy atom. The normalized spacial score (nSPS) is 12.0. The number of nitrogens with two attached hydrogens (primary N) is 2. The molecule has 0 aromatic carbocycles. The number of rotatable bonds is 14. The molecule has 0 aromatic heterocycles. The van der Waals surface area contributed by atoms with Gasteiger partial charge in [0.05, 0.1) is 6.54 Å². The number of carboxylic acid groups (broad SMARTS) is 1. The molecule has 126 valence electrons. The Labute approximate surface area is 130 Å². The van der Waals surface area contributed by atoms with Crippen LogP contribution in [0.1, 0.15) is 78.1 Å². The van der Waals surface area contributed by atoms with Crippen molar-refractivity contribution in [2.75, 3.05) is 13.1 Å². The smallest absolute Gasteiger partial charge is 0.317 e. The van der Waals surface area contributed by atoms with E-state index in [2.05, 4.69) is 6.92 Å². The number of hydrogen-bond acceptors (Lipinski definition) is 4. The Balaban J connectivity index is 3.56. The summed E-state index contributed by atoms with van der Waals surface area (Å²) in [5.74, 6) is -1.94. The van der Waals surface area contributed by atoms with Crippen molar-refractivity contribution < 1.29 is 9.90 Å². The first kappa shape index (κ1) is 20.3. The molecule has 0 saturated carbocycles. The van der Waals surface area contributed by atoms with Gasteiger partial charge in [0, 0.05) is 6.54 Å². The van der Waals surface area contributed by atoms with Gasteiger partial charge in [-0.2, -0.15) is 0 Å². The van der Waals surface area contributed by atoms with Crippen molar-refractivity contribution in [3.8, 4) is 0 Å². The van der Waals surface area contributed by atoms with Crippen molar-refractivity contribution in [3.05, 3.63) is 0 Å². The van der Waals surface area contributed by atoms with Crippen LogP contribution in [0.15, 0.2) is 0 Å². The summed E-state index contributed by atoms with van der Waals surface area (Å²) in [6.45, 7) is 4.43. The van der Waals surface area contributed by atoms with Crippen LogP contribution in [0.2, 0.25) is 0 Å². The standard InChI is InChI=1S/C16H35N3O2/c1-3-4-5-6-7-8-9-10-11-12-13-19(14-15(20)21)16(2,17)18/h3-14,17-18H2,1-2H3,(H,20,21). The number of aliphatic carboxylic acids is 1. The van der Waals surface area contributed by atoms with E-state index in [9.17, 15) is 4.79 Å². The molecule has 5 nitrogen and oxygen atoms in total. The molecule has 5 N–H and O–H groups in total. The molecule has 0 aliphatic carbocycles. The summed E-state index contributed by atoms with van der Waals surface area (Å²) in [5, 5.41) is 8.86. The van der Waals surface area contributed by atoms with Crippen LogP contribution in [0, 0.1) is 0 Å². The first-order valence-corrected chi connectivity index (χ1v) is 8.42. The molecule has 5 heteroatoms. The van der Waals surface area contributed by atoms with Crippen LogP contribution in [0.4, 0.5) is 0 Å². The maximum absolute atomic E-state index is 10.8. The summed E-state index contributed by atoms with van der Waals surface area (Å²) in [4.78, 5) is 12.4. The van der Waals surface area contributed by atoms with E-state index in [-0.39, 0.29) is 6.54 Å². The zero-order chi connectivity index (χ0) is 16.1. The molecule has 0 bridgehead atoms. The minimum atomic E-state index is -1.06. The second-order valence-corrected chi connectivity index (χ2v) is 6.22. The third kappa shape index (κ3) is 12.8. The van der Waals surface area contributed by atoms with Gasteiger partial charge in [0.1, 0.15) is 5.79 Å². The van der Waals surface area contributed by atoms with Gasteiger partial charge < -0.3 is 16.6 Å². The molecule has 0 radical (unpaired) electrons. The highest BCUT2D eigenvalue weighted by Crippen LogP contribution is 2.11. The first-order valence-electron chi connectivity index (χ1n) is 8.42. The first-order chi connectivity index (χ1) is 9.88. The molecular weight excluding hydrogens is 266 g/mol. The Kier molecular flexibility index (Phi) is 11.6. The predicted octanol–water partition coefficient (Wildman–Crippen LogP) is 2.88. The highest BCUT2D eigenvalue weighted by Gasteiger charge is 2.23. The lowest BCUT2D eigenvalue weighted by Crippen LogP contribution is -2.62. The van der Waals surface area contributed by atoms with Crippen LogP contribution in [-0.2, 0) is 4.79 Å². The summed E-state index contributed by atoms with van der Waals surface area (Å²) < 4.78 is 0. The number of hydrogen-bond donors (Lipinski definition) is 3. The van der Waals surface area contributed by atoms with E-state index in [0.29, 0.717) is 6.54 Å². The Bertz CT molecular complexity index is 265. The van der Waals surface area contributed by atoms with Crippen molar-refractivity contribution in [2.45, 2.75) is 83.8 Å². The van der Waals surface area contributed by atoms with Gasteiger partial charge in [-0.1, -0.05) is 64.7 Å². The molecule has 0 fully saturated rings. The van der Waals surface area contributed by atoms with E-state index < -0.39 is 11.8 Å². The fraction of sp³-hybridized carbons (Fsp3) is 0.938. The van der Waals surface area contributed by atoms with Gasteiger partial charge in [-0.15, -0.1) is 0 Å². The van der Waals surface area contributed by atoms with Crippen molar-refractivity contribution in [1.82, 2.24) is 4.90 Å². The Hall–Kier alpha value is -0.650. The molecule has 0 heterocycles. The van der Waals surface area contributed by atoms with E-state index in [1.807, 2.05) is 0 Å². The summed E-state index contributed by atoms with van der Waals surface area (Å²) >= 11 is 0. The monoisotopic (exact) mass is 301 g/mol. The van der Waals surface area contributed by atoms with Crippen LogP contribution in [0.25, 0.3) is 0 Å². The molecule has 21 heavy (non-hydrogen) atoms. The second kappa shape index (κ2) is 12.0. The molecule has 0 unspecified atom stereocenters. The molecular formula is C16H35N3O2. The molecule has 0 amide bonds. The van der Waals surface area contributed by atoms with Crippen molar-refractivity contribution >= 4 is 5.97 Å². The quantitative estimate of drug-likeness (QED) is 0.339. The van der Waals surface area contributed by atoms with Gasteiger partial charge >= 0.3 is 5.97 Å².